The molecule has 5 N–H and O–H groups in total. The Morgan fingerprint density at radius 1 is 0.838 bits per heavy atom. The minimum atomic E-state index is -1.04. The van der Waals surface area contributed by atoms with Crippen molar-refractivity contribution in [2.75, 3.05) is 54.8 Å². The number of rotatable bonds is 14. The maximum atomic E-state index is 14.2. The van der Waals surface area contributed by atoms with Crippen molar-refractivity contribution >= 4 is 79.2 Å². The molecule has 0 spiro atoms. The van der Waals surface area contributed by atoms with E-state index in [-0.39, 0.29) is 49.7 Å². The normalized spacial score (nSPS) is 18.0. The highest BCUT2D eigenvalue weighted by atomic mass is 32.1. The van der Waals surface area contributed by atoms with E-state index < -0.39 is 41.5 Å². The number of anilines is 3. The van der Waals surface area contributed by atoms with E-state index in [1.54, 1.807) is 17.5 Å². The van der Waals surface area contributed by atoms with Gasteiger partial charge in [-0.1, -0.05) is 68.9 Å². The lowest BCUT2D eigenvalue weighted by Gasteiger charge is -2.35. The van der Waals surface area contributed by atoms with E-state index >= 15 is 0 Å². The molecular weight excluding hydrogens is 981 g/mol. The van der Waals surface area contributed by atoms with E-state index in [0.717, 1.165) is 68.7 Å². The highest BCUT2D eigenvalue weighted by molar-refractivity contribution is 7.22. The van der Waals surface area contributed by atoms with Crippen molar-refractivity contribution < 1.29 is 33.8 Å². The van der Waals surface area contributed by atoms with E-state index in [2.05, 4.69) is 51.1 Å². The quantitative estimate of drug-likeness (QED) is 0.0743. The number of amides is 5. The summed E-state index contributed by atoms with van der Waals surface area (Å²) in [5.74, 6) is -1.08. The highest BCUT2D eigenvalue weighted by Crippen LogP contribution is 2.33. The van der Waals surface area contributed by atoms with Gasteiger partial charge in [-0.15, -0.1) is 11.3 Å². The van der Waals surface area contributed by atoms with Gasteiger partial charge in [-0.25, -0.2) is 24.7 Å². The van der Waals surface area contributed by atoms with Crippen LogP contribution >= 0.6 is 22.7 Å². The maximum Gasteiger partial charge on any atom is 0.411 e. The number of piperazine rings is 1. The Balaban J connectivity index is 0.741. The minimum Gasteiger partial charge on any atom is -0.446 e. The molecule has 2 aliphatic heterocycles. The highest BCUT2D eigenvalue weighted by Gasteiger charge is 2.44. The van der Waals surface area contributed by atoms with Gasteiger partial charge in [0.1, 0.15) is 29.7 Å². The summed E-state index contributed by atoms with van der Waals surface area (Å²) < 4.78 is 6.56. The number of nitrogens with zero attached hydrogens (tertiary/aromatic N) is 8. The molecule has 1 saturated carbocycles. The summed E-state index contributed by atoms with van der Waals surface area (Å²) in [5.41, 5.74) is 7.69. The van der Waals surface area contributed by atoms with Gasteiger partial charge in [0.15, 0.2) is 5.13 Å². The Morgan fingerprint density at radius 2 is 1.59 bits per heavy atom. The first kappa shape index (κ1) is 51.9. The van der Waals surface area contributed by atoms with Crippen molar-refractivity contribution in [1.82, 2.24) is 45.4 Å². The van der Waals surface area contributed by atoms with Gasteiger partial charge in [-0.05, 0) is 79.8 Å². The molecule has 2 saturated heterocycles. The smallest absolute Gasteiger partial charge is 0.411 e. The molecule has 0 bridgehead atoms. The van der Waals surface area contributed by atoms with Crippen molar-refractivity contribution in [3.8, 4) is 21.6 Å². The van der Waals surface area contributed by atoms with E-state index in [0.29, 0.717) is 48.5 Å². The molecule has 0 unspecified atom stereocenters. The summed E-state index contributed by atoms with van der Waals surface area (Å²) in [6.07, 6.45) is 8.40. The van der Waals surface area contributed by atoms with Crippen LogP contribution in [0.5, 0.6) is 0 Å². The van der Waals surface area contributed by atoms with Crippen LogP contribution in [0.3, 0.4) is 0 Å². The molecule has 21 heteroatoms. The molecule has 1 aliphatic carbocycles. The average Bonchev–Trinajstić information content (AvgIpc) is 4.13. The predicted octanol–water partition coefficient (Wildman–Crippen LogP) is 6.95. The lowest BCUT2D eigenvalue weighted by molar-refractivity contribution is -0.142. The Morgan fingerprint density at radius 3 is 2.30 bits per heavy atom. The van der Waals surface area contributed by atoms with Crippen LogP contribution in [0, 0.1) is 19.3 Å². The molecule has 3 atom stereocenters. The number of aryl methyl sites for hydroxylation is 2. The molecule has 19 nitrogen and oxygen atoms in total. The van der Waals surface area contributed by atoms with E-state index in [1.807, 2.05) is 93.6 Å². The lowest BCUT2D eigenvalue weighted by atomic mass is 9.85. The second kappa shape index (κ2) is 22.7. The van der Waals surface area contributed by atoms with Gasteiger partial charge in [-0.2, -0.15) is 0 Å². The van der Waals surface area contributed by atoms with Gasteiger partial charge in [0.2, 0.25) is 17.7 Å². The maximum absolute atomic E-state index is 14.2. The second-order valence-electron chi connectivity index (χ2n) is 20.3. The number of carbonyl (C=O) groups excluding carboxylic acids is 5. The summed E-state index contributed by atoms with van der Waals surface area (Å²) in [7, 11) is 0. The molecule has 3 aliphatic rings. The van der Waals surface area contributed by atoms with Crippen LogP contribution in [-0.2, 0) is 25.7 Å². The molecule has 388 valence electrons. The first-order valence-electron chi connectivity index (χ1n) is 25.1. The third kappa shape index (κ3) is 12.5. The van der Waals surface area contributed by atoms with Crippen molar-refractivity contribution in [1.29, 1.82) is 0 Å². The largest absolute Gasteiger partial charge is 0.446 e. The Labute approximate surface area is 437 Å². The van der Waals surface area contributed by atoms with Crippen molar-refractivity contribution in [3.63, 3.8) is 0 Å². The summed E-state index contributed by atoms with van der Waals surface area (Å²) in [6, 6.07) is 13.6. The van der Waals surface area contributed by atoms with Crippen LogP contribution in [0.15, 0.2) is 72.6 Å². The van der Waals surface area contributed by atoms with E-state index in [1.165, 1.54) is 35.1 Å². The zero-order valence-electron chi connectivity index (χ0n) is 42.2. The number of benzene rings is 2. The molecule has 74 heavy (non-hydrogen) atoms. The van der Waals surface area contributed by atoms with Crippen LogP contribution in [0.2, 0.25) is 0 Å². The number of hydrogen-bond donors (Lipinski definition) is 5. The van der Waals surface area contributed by atoms with Gasteiger partial charge in [0.25, 0.3) is 5.91 Å². The number of aromatic nitrogens is 5. The minimum absolute atomic E-state index is 0.0199. The third-order valence-corrected chi connectivity index (χ3v) is 15.6. The van der Waals surface area contributed by atoms with E-state index in [4.69, 9.17) is 4.74 Å². The summed E-state index contributed by atoms with van der Waals surface area (Å²) >= 11 is 2.95. The number of aliphatic hydroxyl groups is 1. The fourth-order valence-corrected chi connectivity index (χ4v) is 11.3. The van der Waals surface area contributed by atoms with Gasteiger partial charge < -0.3 is 35.6 Å². The number of carbonyl (C=O) groups is 5. The SMILES string of the molecule is Cc1ncc(-c2ccc3nc(NC(=O)CN4CCN(c5cnc(C(=O)N[C@H](C(=O)N6C[C@H](O)C[C@H]6C(=O)NCc6ccc(-c7scnc7C)cc6)C(C)(C)C)cn5)CC4)sc3c2)cc1NC(=O)OC1CCCCC1. The number of thiazole rings is 2. The first-order chi connectivity index (χ1) is 35.5. The third-order valence-electron chi connectivity index (χ3n) is 13.7. The summed E-state index contributed by atoms with van der Waals surface area (Å²) in [4.78, 5) is 96.4. The Bertz CT molecular complexity index is 3000. The fraction of sp³-hybridized carbons (Fsp3) is 0.434. The molecule has 0 radical (unpaired) electrons. The van der Waals surface area contributed by atoms with Crippen LogP contribution in [-0.4, -0.2) is 133 Å². The number of nitrogens with one attached hydrogen (secondary N) is 4. The standard InChI is InChI=1S/C53H62N12O7S2/c1-31-40(60-52(71)72-38-9-7-6-8-10-38)21-36(25-54-31)35-15-16-39-43(22-35)74-51(59-39)61-45(67)29-63-17-19-64(20-18-63)44-27-55-41(26-56-44)48(68)62-47(53(3,4)5)50(70)65-28-37(66)23-42(65)49(69)57-24-33-11-13-34(14-12-33)46-32(2)58-30-73-46/h11-16,21-22,25-27,30,37-38,42,47,66H,6-10,17-20,23-24,28-29H2,1-5H3,(H,57,69)(H,60,71)(H,62,68)(H,59,61,67)/t37-,42+,47-/m1/s1. The number of ether oxygens (including phenoxy) is 1. The number of pyridine rings is 1. The van der Waals surface area contributed by atoms with Gasteiger partial charge >= 0.3 is 6.09 Å². The summed E-state index contributed by atoms with van der Waals surface area (Å²) in [5, 5.41) is 22.8. The van der Waals surface area contributed by atoms with Crippen LogP contribution in [0.1, 0.15) is 86.7 Å². The Kier molecular flexibility index (Phi) is 15.9. The topological polar surface area (TPSA) is 237 Å². The van der Waals surface area contributed by atoms with Gasteiger partial charge in [0, 0.05) is 57.4 Å². The Hall–Kier alpha value is -6.94. The average molecular weight is 1040 g/mol. The number of fused-ring (bicyclic) bond motifs is 1. The molecule has 4 aromatic heterocycles. The fourth-order valence-electron chi connectivity index (χ4n) is 9.53. The number of hydrogen-bond acceptors (Lipinski definition) is 16. The monoisotopic (exact) mass is 1040 g/mol. The number of β-amino-alcohol motifs (C(OH)–C–C–N with tert-alkyl or cyclic N) is 1. The molecule has 3 fully saturated rings. The molecular formula is C53H62N12O7S2. The first-order valence-corrected chi connectivity index (χ1v) is 26.7. The molecule has 6 heterocycles. The van der Waals surface area contributed by atoms with Crippen LogP contribution in [0.4, 0.5) is 21.4 Å². The molecule has 6 aromatic rings. The van der Waals surface area contributed by atoms with Crippen LogP contribution in [0.25, 0.3) is 31.8 Å². The van der Waals surface area contributed by atoms with Gasteiger partial charge in [0.05, 0.1) is 62.7 Å². The summed E-state index contributed by atoms with van der Waals surface area (Å²) in [6.45, 7) is 11.9. The lowest BCUT2D eigenvalue weighted by Crippen LogP contribution is -2.57. The molecule has 5 amide bonds. The second-order valence-corrected chi connectivity index (χ2v) is 22.2. The number of likely N-dealkylation sites (tertiary alicyclic amines) is 1. The van der Waals surface area contributed by atoms with Gasteiger partial charge in [-0.3, -0.25) is 34.4 Å². The number of aliphatic hydroxyl groups excluding tert-OH is 1. The molecule has 2 aromatic carbocycles. The van der Waals surface area contributed by atoms with Crippen LogP contribution < -0.4 is 26.2 Å². The van der Waals surface area contributed by atoms with E-state index in [9.17, 15) is 29.1 Å². The van der Waals surface area contributed by atoms with Crippen molar-refractivity contribution in [2.24, 2.45) is 5.41 Å². The zero-order valence-corrected chi connectivity index (χ0v) is 43.9. The zero-order chi connectivity index (χ0) is 52.1. The predicted molar refractivity (Wildman–Crippen MR) is 285 cm³/mol. The molecule has 9 rings (SSSR count). The van der Waals surface area contributed by atoms with Crippen molar-refractivity contribution in [3.05, 3.63) is 95.3 Å². The van der Waals surface area contributed by atoms with Crippen molar-refractivity contribution in [2.45, 2.75) is 104 Å².